The number of carbonyl (C=O) groups excluding carboxylic acids is 2. The van der Waals surface area contributed by atoms with Gasteiger partial charge in [-0.3, -0.25) is 4.90 Å². The monoisotopic (exact) mass is 234 g/mol. The van der Waals surface area contributed by atoms with Gasteiger partial charge in [0.05, 0.1) is 18.7 Å². The summed E-state index contributed by atoms with van der Waals surface area (Å²) in [4.78, 5) is 24.7. The highest BCUT2D eigenvalue weighted by molar-refractivity contribution is 5.97. The summed E-state index contributed by atoms with van der Waals surface area (Å²) in [5.41, 5.74) is 1.15. The van der Waals surface area contributed by atoms with Crippen molar-refractivity contribution in [1.29, 1.82) is 0 Å². The molecule has 2 amide bonds. The summed E-state index contributed by atoms with van der Waals surface area (Å²) in [5.74, 6) is -0.404. The van der Waals surface area contributed by atoms with Crippen molar-refractivity contribution in [3.63, 3.8) is 0 Å². The van der Waals surface area contributed by atoms with Gasteiger partial charge in [0, 0.05) is 12.2 Å². The highest BCUT2D eigenvalue weighted by Gasteiger charge is 2.28. The lowest BCUT2D eigenvalue weighted by molar-refractivity contribution is 0.0600. The maximum absolute atomic E-state index is 11.6. The van der Waals surface area contributed by atoms with Gasteiger partial charge in [-0.15, -0.1) is 0 Å². The lowest BCUT2D eigenvalue weighted by Gasteiger charge is -2.20. The molecule has 17 heavy (non-hydrogen) atoms. The highest BCUT2D eigenvalue weighted by Crippen LogP contribution is 2.21. The zero-order valence-corrected chi connectivity index (χ0v) is 9.77. The average Bonchev–Trinajstić information content (AvgIpc) is 2.68. The standard InChI is InChI=1S/C12H14N2O3/c1-8-7-13-12(16)14(8)10-5-3-4-9(6-10)11(15)17-2/h3-6,8H,7H2,1-2H3,(H,13,16). The van der Waals surface area contributed by atoms with E-state index in [1.165, 1.54) is 7.11 Å². The smallest absolute Gasteiger partial charge is 0.337 e. The van der Waals surface area contributed by atoms with Gasteiger partial charge in [-0.1, -0.05) is 6.07 Å². The number of hydrogen-bond acceptors (Lipinski definition) is 3. The second kappa shape index (κ2) is 4.45. The number of carbonyl (C=O) groups is 2. The Balaban J connectivity index is 2.33. The molecular weight excluding hydrogens is 220 g/mol. The Morgan fingerprint density at radius 2 is 2.29 bits per heavy atom. The summed E-state index contributed by atoms with van der Waals surface area (Å²) in [6.45, 7) is 2.56. The minimum absolute atomic E-state index is 0.0791. The molecule has 1 heterocycles. The molecule has 1 aliphatic heterocycles. The molecule has 0 radical (unpaired) electrons. The van der Waals surface area contributed by atoms with E-state index in [1.54, 1.807) is 29.2 Å². The Kier molecular flexibility index (Phi) is 2.99. The molecule has 0 aliphatic carbocycles. The van der Waals surface area contributed by atoms with Crippen molar-refractivity contribution in [1.82, 2.24) is 5.32 Å². The fourth-order valence-corrected chi connectivity index (χ4v) is 1.88. The van der Waals surface area contributed by atoms with Gasteiger partial charge in [0.15, 0.2) is 0 Å². The van der Waals surface area contributed by atoms with Crippen molar-refractivity contribution < 1.29 is 14.3 Å². The molecule has 5 nitrogen and oxygen atoms in total. The van der Waals surface area contributed by atoms with Crippen LogP contribution in [0.25, 0.3) is 0 Å². The lowest BCUT2D eigenvalue weighted by Crippen LogP contribution is -2.32. The van der Waals surface area contributed by atoms with Crippen LogP contribution >= 0.6 is 0 Å². The molecule has 0 saturated carbocycles. The van der Waals surface area contributed by atoms with Gasteiger partial charge in [-0.2, -0.15) is 0 Å². The van der Waals surface area contributed by atoms with E-state index >= 15 is 0 Å². The molecule has 0 aromatic heterocycles. The Morgan fingerprint density at radius 3 is 2.88 bits per heavy atom. The van der Waals surface area contributed by atoms with Crippen molar-refractivity contribution in [3.8, 4) is 0 Å². The maximum Gasteiger partial charge on any atom is 0.337 e. The number of nitrogens with one attached hydrogen (secondary N) is 1. The van der Waals surface area contributed by atoms with Crippen LogP contribution in [0.3, 0.4) is 0 Å². The Labute approximate surface area is 99.4 Å². The molecule has 1 unspecified atom stereocenters. The van der Waals surface area contributed by atoms with Gasteiger partial charge in [0.25, 0.3) is 0 Å². The molecular formula is C12H14N2O3. The first kappa shape index (κ1) is 11.4. The average molecular weight is 234 g/mol. The van der Waals surface area contributed by atoms with E-state index in [4.69, 9.17) is 0 Å². The third-order valence-corrected chi connectivity index (χ3v) is 2.75. The van der Waals surface area contributed by atoms with E-state index in [1.807, 2.05) is 6.92 Å². The zero-order chi connectivity index (χ0) is 12.4. The fourth-order valence-electron chi connectivity index (χ4n) is 1.88. The second-order valence-corrected chi connectivity index (χ2v) is 3.95. The highest BCUT2D eigenvalue weighted by atomic mass is 16.5. The number of rotatable bonds is 2. The first-order valence-corrected chi connectivity index (χ1v) is 5.39. The summed E-state index contributed by atoms with van der Waals surface area (Å²) >= 11 is 0. The van der Waals surface area contributed by atoms with Crippen LogP contribution in [0.2, 0.25) is 0 Å². The first-order valence-electron chi connectivity index (χ1n) is 5.39. The number of hydrogen-bond donors (Lipinski definition) is 1. The number of esters is 1. The Morgan fingerprint density at radius 1 is 1.53 bits per heavy atom. The fraction of sp³-hybridized carbons (Fsp3) is 0.333. The third kappa shape index (κ3) is 2.08. The normalized spacial score (nSPS) is 19.1. The van der Waals surface area contributed by atoms with Gasteiger partial charge in [0.2, 0.25) is 0 Å². The Hall–Kier alpha value is -2.04. The molecule has 5 heteroatoms. The van der Waals surface area contributed by atoms with Crippen LogP contribution in [0.15, 0.2) is 24.3 Å². The van der Waals surface area contributed by atoms with Crippen molar-refractivity contribution in [3.05, 3.63) is 29.8 Å². The molecule has 2 rings (SSSR count). The number of methoxy groups -OCH3 is 1. The number of ether oxygens (including phenoxy) is 1. The van der Waals surface area contributed by atoms with Crippen LogP contribution in [-0.2, 0) is 4.74 Å². The van der Waals surface area contributed by atoms with Gasteiger partial charge in [-0.25, -0.2) is 9.59 Å². The van der Waals surface area contributed by atoms with Gasteiger partial charge < -0.3 is 10.1 Å². The number of benzene rings is 1. The van der Waals surface area contributed by atoms with E-state index < -0.39 is 5.97 Å². The summed E-state index contributed by atoms with van der Waals surface area (Å²) in [6, 6.07) is 6.80. The van der Waals surface area contributed by atoms with Crippen LogP contribution in [0.1, 0.15) is 17.3 Å². The van der Waals surface area contributed by atoms with Gasteiger partial charge >= 0.3 is 12.0 Å². The first-order chi connectivity index (χ1) is 8.13. The zero-order valence-electron chi connectivity index (χ0n) is 9.77. The van der Waals surface area contributed by atoms with Crippen molar-refractivity contribution >= 4 is 17.7 Å². The largest absolute Gasteiger partial charge is 0.465 e. The molecule has 1 atom stereocenters. The molecule has 0 bridgehead atoms. The van der Waals surface area contributed by atoms with Gasteiger partial charge in [0.1, 0.15) is 0 Å². The van der Waals surface area contributed by atoms with E-state index in [2.05, 4.69) is 10.1 Å². The molecule has 1 aliphatic rings. The van der Waals surface area contributed by atoms with E-state index in [-0.39, 0.29) is 12.1 Å². The molecule has 1 aromatic carbocycles. The van der Waals surface area contributed by atoms with Crippen molar-refractivity contribution in [2.24, 2.45) is 0 Å². The molecule has 1 fully saturated rings. The molecule has 1 saturated heterocycles. The number of amides is 2. The van der Waals surface area contributed by atoms with Crippen molar-refractivity contribution in [2.45, 2.75) is 13.0 Å². The predicted molar refractivity (Wildman–Crippen MR) is 63.1 cm³/mol. The molecule has 1 N–H and O–H groups in total. The van der Waals surface area contributed by atoms with E-state index in [9.17, 15) is 9.59 Å². The predicted octanol–water partition coefficient (Wildman–Crippen LogP) is 1.39. The minimum atomic E-state index is -0.404. The van der Waals surface area contributed by atoms with Crippen molar-refractivity contribution in [2.75, 3.05) is 18.6 Å². The number of anilines is 1. The number of urea groups is 1. The topological polar surface area (TPSA) is 58.6 Å². The van der Waals surface area contributed by atoms with Crippen LogP contribution in [0, 0.1) is 0 Å². The molecule has 1 aromatic rings. The lowest BCUT2D eigenvalue weighted by atomic mass is 10.1. The third-order valence-electron chi connectivity index (χ3n) is 2.75. The van der Waals surface area contributed by atoms with Crippen LogP contribution in [0.4, 0.5) is 10.5 Å². The second-order valence-electron chi connectivity index (χ2n) is 3.95. The summed E-state index contributed by atoms with van der Waals surface area (Å²) in [5, 5.41) is 2.75. The number of nitrogens with zero attached hydrogens (tertiary/aromatic N) is 1. The van der Waals surface area contributed by atoms with Gasteiger partial charge in [-0.05, 0) is 25.1 Å². The SMILES string of the molecule is COC(=O)c1cccc(N2C(=O)NCC2C)c1. The van der Waals surface area contributed by atoms with E-state index in [0.717, 1.165) is 0 Å². The summed E-state index contributed by atoms with van der Waals surface area (Å²) in [7, 11) is 1.33. The Bertz CT molecular complexity index is 459. The quantitative estimate of drug-likeness (QED) is 0.787. The summed E-state index contributed by atoms with van der Waals surface area (Å²) in [6.07, 6.45) is 0. The minimum Gasteiger partial charge on any atom is -0.465 e. The maximum atomic E-state index is 11.6. The van der Waals surface area contributed by atoms with Crippen LogP contribution in [-0.4, -0.2) is 31.7 Å². The molecule has 0 spiro atoms. The van der Waals surface area contributed by atoms with Crippen LogP contribution < -0.4 is 10.2 Å². The molecule has 90 valence electrons. The summed E-state index contributed by atoms with van der Waals surface area (Å²) < 4.78 is 4.65. The van der Waals surface area contributed by atoms with Crippen LogP contribution in [0.5, 0.6) is 0 Å². The van der Waals surface area contributed by atoms with E-state index in [0.29, 0.717) is 17.8 Å².